The van der Waals surface area contributed by atoms with Gasteiger partial charge in [-0.05, 0) is 11.6 Å². The molecule has 2 N–H and O–H groups in total. The summed E-state index contributed by atoms with van der Waals surface area (Å²) in [7, 11) is 0. The molecule has 1 aromatic heterocycles. The summed E-state index contributed by atoms with van der Waals surface area (Å²) in [6.07, 6.45) is 0.362. The van der Waals surface area contributed by atoms with Crippen LogP contribution in [0, 0.1) is 0 Å². The first-order valence-electron chi connectivity index (χ1n) is 2.97. The summed E-state index contributed by atoms with van der Waals surface area (Å²) >= 11 is 5.37. The third-order valence-corrected chi connectivity index (χ3v) is 1.25. The molecule has 0 atom stereocenters. The van der Waals surface area contributed by atoms with Crippen molar-refractivity contribution in [2.75, 3.05) is 0 Å². The molecule has 0 amide bonds. The van der Waals surface area contributed by atoms with Gasteiger partial charge in [0.15, 0.2) is 0 Å². The number of aromatic nitrogens is 3. The van der Waals surface area contributed by atoms with Gasteiger partial charge in [0, 0.05) is 6.42 Å². The normalized spacial score (nSPS) is 9.91. The summed E-state index contributed by atoms with van der Waals surface area (Å²) < 4.78 is 0. The minimum absolute atomic E-state index is 0.0333. The van der Waals surface area contributed by atoms with E-state index in [1.165, 1.54) is 0 Å². The maximum absolute atomic E-state index is 10.1. The van der Waals surface area contributed by atoms with Gasteiger partial charge in [-0.15, -0.1) is 5.10 Å². The second-order valence-electron chi connectivity index (χ2n) is 1.94. The minimum atomic E-state index is -0.863. The van der Waals surface area contributed by atoms with Crippen molar-refractivity contribution in [1.82, 2.24) is 15.2 Å². The smallest absolute Gasteiger partial charge is 0.303 e. The van der Waals surface area contributed by atoms with Crippen molar-refractivity contribution in [1.29, 1.82) is 0 Å². The lowest BCUT2D eigenvalue weighted by Gasteiger charge is -1.88. The van der Waals surface area contributed by atoms with Gasteiger partial charge in [-0.25, -0.2) is 4.98 Å². The topological polar surface area (TPSA) is 78.9 Å². The van der Waals surface area contributed by atoms with E-state index in [-0.39, 0.29) is 11.7 Å². The van der Waals surface area contributed by atoms with Gasteiger partial charge in [-0.1, -0.05) is 0 Å². The summed E-state index contributed by atoms with van der Waals surface area (Å²) in [5.74, 6) is -0.366. The first-order valence-corrected chi connectivity index (χ1v) is 3.35. The van der Waals surface area contributed by atoms with Crippen LogP contribution in [-0.4, -0.2) is 26.3 Å². The monoisotopic (exact) mass is 175 g/mol. The highest BCUT2D eigenvalue weighted by molar-refractivity contribution is 6.28. The molecule has 0 aromatic carbocycles. The fourth-order valence-electron chi connectivity index (χ4n) is 0.609. The predicted molar refractivity (Wildman–Crippen MR) is 37.3 cm³/mol. The predicted octanol–water partition coefficient (Wildman–Crippen LogP) is 0.475. The average Bonchev–Trinajstić information content (AvgIpc) is 2.31. The number of aliphatic carboxylic acids is 1. The highest BCUT2D eigenvalue weighted by Crippen LogP contribution is 2.00. The van der Waals surface area contributed by atoms with Gasteiger partial charge < -0.3 is 5.11 Å². The molecule has 0 fully saturated rings. The number of halogens is 1. The number of nitrogens with zero attached hydrogens (tertiary/aromatic N) is 2. The highest BCUT2D eigenvalue weighted by Gasteiger charge is 2.02. The summed E-state index contributed by atoms with van der Waals surface area (Å²) in [6, 6.07) is 0. The zero-order valence-corrected chi connectivity index (χ0v) is 6.30. The van der Waals surface area contributed by atoms with Gasteiger partial charge in [0.1, 0.15) is 5.82 Å². The van der Waals surface area contributed by atoms with Crippen LogP contribution in [0.4, 0.5) is 0 Å². The second-order valence-corrected chi connectivity index (χ2v) is 2.28. The van der Waals surface area contributed by atoms with Crippen molar-refractivity contribution in [3.8, 4) is 0 Å². The lowest BCUT2D eigenvalue weighted by molar-refractivity contribution is -0.137. The first kappa shape index (κ1) is 8.00. The molecule has 1 aromatic rings. The Morgan fingerprint density at radius 3 is 2.91 bits per heavy atom. The molecular formula is C5H6ClN3O2. The molecule has 0 aliphatic rings. The molecule has 1 rings (SSSR count). The van der Waals surface area contributed by atoms with Gasteiger partial charge >= 0.3 is 5.97 Å². The molecule has 0 saturated carbocycles. The first-order chi connectivity index (χ1) is 5.18. The van der Waals surface area contributed by atoms with Crippen molar-refractivity contribution in [3.05, 3.63) is 11.1 Å². The third-order valence-electron chi connectivity index (χ3n) is 1.08. The Balaban J connectivity index is 2.45. The molecule has 11 heavy (non-hydrogen) atoms. The van der Waals surface area contributed by atoms with Gasteiger partial charge in [0.25, 0.3) is 0 Å². The largest absolute Gasteiger partial charge is 0.481 e. The van der Waals surface area contributed by atoms with Crippen LogP contribution in [-0.2, 0) is 11.2 Å². The Labute approximate surface area is 67.4 Å². The van der Waals surface area contributed by atoms with Gasteiger partial charge in [0.2, 0.25) is 5.28 Å². The Kier molecular flexibility index (Phi) is 2.43. The minimum Gasteiger partial charge on any atom is -0.481 e. The van der Waals surface area contributed by atoms with E-state index < -0.39 is 5.97 Å². The Morgan fingerprint density at radius 2 is 2.45 bits per heavy atom. The quantitative estimate of drug-likeness (QED) is 0.700. The third kappa shape index (κ3) is 2.55. The number of nitrogens with one attached hydrogen (secondary N) is 1. The Bertz CT molecular complexity index is 260. The standard InChI is InChI=1S/C5H6ClN3O2/c6-5-7-3(8-9-5)1-2-4(10)11/h1-2H2,(H,10,11)(H,7,8,9). The van der Waals surface area contributed by atoms with Crippen molar-refractivity contribution in [3.63, 3.8) is 0 Å². The lowest BCUT2D eigenvalue weighted by Crippen LogP contribution is -1.98. The maximum Gasteiger partial charge on any atom is 0.303 e. The number of aryl methyl sites for hydroxylation is 1. The van der Waals surface area contributed by atoms with E-state index in [0.29, 0.717) is 12.2 Å². The van der Waals surface area contributed by atoms with E-state index in [1.54, 1.807) is 0 Å². The van der Waals surface area contributed by atoms with E-state index in [4.69, 9.17) is 16.7 Å². The summed E-state index contributed by atoms with van der Waals surface area (Å²) in [6.45, 7) is 0. The molecule has 0 aliphatic carbocycles. The van der Waals surface area contributed by atoms with Crippen molar-refractivity contribution >= 4 is 17.6 Å². The summed E-state index contributed by atoms with van der Waals surface area (Å²) in [4.78, 5) is 13.8. The number of carbonyl (C=O) groups is 1. The molecule has 0 radical (unpaired) electrons. The fraction of sp³-hybridized carbons (Fsp3) is 0.400. The second kappa shape index (κ2) is 3.34. The SMILES string of the molecule is O=C(O)CCc1nc(Cl)n[nH]1. The Hall–Kier alpha value is -1.10. The van der Waals surface area contributed by atoms with E-state index in [2.05, 4.69) is 15.2 Å². The zero-order chi connectivity index (χ0) is 8.27. The molecule has 0 unspecified atom stereocenters. The number of aromatic amines is 1. The van der Waals surface area contributed by atoms with E-state index >= 15 is 0 Å². The molecule has 0 bridgehead atoms. The zero-order valence-electron chi connectivity index (χ0n) is 5.54. The van der Waals surface area contributed by atoms with Crippen molar-refractivity contribution in [2.24, 2.45) is 0 Å². The van der Waals surface area contributed by atoms with Gasteiger partial charge in [-0.2, -0.15) is 0 Å². The summed E-state index contributed by atoms with van der Waals surface area (Å²) in [5, 5.41) is 14.4. The molecule has 1 heterocycles. The number of rotatable bonds is 3. The van der Waals surface area contributed by atoms with E-state index in [0.717, 1.165) is 0 Å². The molecule has 5 nitrogen and oxygen atoms in total. The van der Waals surface area contributed by atoms with E-state index in [1.807, 2.05) is 0 Å². The van der Waals surface area contributed by atoms with Crippen LogP contribution in [0.1, 0.15) is 12.2 Å². The van der Waals surface area contributed by atoms with Crippen molar-refractivity contribution in [2.45, 2.75) is 12.8 Å². The maximum atomic E-state index is 10.1. The number of carboxylic acid groups (broad SMARTS) is 1. The number of H-pyrrole nitrogens is 1. The van der Waals surface area contributed by atoms with E-state index in [9.17, 15) is 4.79 Å². The van der Waals surface area contributed by atoms with Crippen LogP contribution in [0.15, 0.2) is 0 Å². The van der Waals surface area contributed by atoms with Crippen molar-refractivity contribution < 1.29 is 9.90 Å². The van der Waals surface area contributed by atoms with Crippen LogP contribution in [0.2, 0.25) is 5.28 Å². The molecule has 0 spiro atoms. The number of carboxylic acids is 1. The van der Waals surface area contributed by atoms with Gasteiger partial charge in [0.05, 0.1) is 6.42 Å². The van der Waals surface area contributed by atoms with Crippen LogP contribution < -0.4 is 0 Å². The van der Waals surface area contributed by atoms with Crippen LogP contribution in [0.25, 0.3) is 0 Å². The summed E-state index contributed by atoms with van der Waals surface area (Å²) in [5.41, 5.74) is 0. The molecule has 0 saturated heterocycles. The lowest BCUT2D eigenvalue weighted by atomic mass is 10.3. The molecule has 6 heteroatoms. The fourth-order valence-corrected chi connectivity index (χ4v) is 0.753. The molecular weight excluding hydrogens is 170 g/mol. The Morgan fingerprint density at radius 1 is 1.73 bits per heavy atom. The molecule has 60 valence electrons. The number of hydrogen-bond donors (Lipinski definition) is 2. The van der Waals surface area contributed by atoms with Crippen LogP contribution in [0.3, 0.4) is 0 Å². The van der Waals surface area contributed by atoms with Gasteiger partial charge in [-0.3, -0.25) is 9.89 Å². The van der Waals surface area contributed by atoms with Crippen LogP contribution >= 0.6 is 11.6 Å². The number of hydrogen-bond acceptors (Lipinski definition) is 3. The highest BCUT2D eigenvalue weighted by atomic mass is 35.5. The van der Waals surface area contributed by atoms with Crippen LogP contribution in [0.5, 0.6) is 0 Å². The molecule has 0 aliphatic heterocycles. The average molecular weight is 176 g/mol.